The number of carbonyl (C=O) groups excluding carboxylic acids is 2. The molecule has 0 aromatic rings. The maximum absolute atomic E-state index is 11.2. The molecule has 0 radical (unpaired) electrons. The van der Waals surface area contributed by atoms with Crippen LogP contribution >= 0.6 is 0 Å². The maximum Gasteiger partial charge on any atom is 0.330 e. The molecule has 6 heteroatoms. The predicted octanol–water partition coefficient (Wildman–Crippen LogP) is 2.46. The number of ether oxygens (including phenoxy) is 2. The van der Waals surface area contributed by atoms with Gasteiger partial charge in [-0.3, -0.25) is 0 Å². The summed E-state index contributed by atoms with van der Waals surface area (Å²) in [5, 5.41) is 0. The summed E-state index contributed by atoms with van der Waals surface area (Å²) in [5.41, 5.74) is 8.32. The fourth-order valence-electron chi connectivity index (χ4n) is 1.75. The van der Waals surface area contributed by atoms with Gasteiger partial charge in [0.25, 0.3) is 0 Å². The van der Waals surface area contributed by atoms with E-state index in [1.54, 1.807) is 0 Å². The third-order valence-corrected chi connectivity index (χ3v) is 3.23. The molecule has 0 atom stereocenters. The average molecular weight is 348 g/mol. The quantitative estimate of drug-likeness (QED) is 0.351. The van der Waals surface area contributed by atoms with Gasteiger partial charge in [0.1, 0.15) is 13.2 Å². The smallest absolute Gasteiger partial charge is 0.330 e. The molecule has 138 valence electrons. The minimum Gasteiger partial charge on any atom is -0.461 e. The summed E-state index contributed by atoms with van der Waals surface area (Å²) in [5.74, 6) is -0.966. The number of nitrogens with two attached hydrogens (primary N) is 1. The van der Waals surface area contributed by atoms with E-state index in [1.165, 1.54) is 0 Å². The van der Waals surface area contributed by atoms with Gasteiger partial charge in [-0.25, -0.2) is 9.59 Å². The van der Waals surface area contributed by atoms with Crippen molar-refractivity contribution in [2.24, 2.45) is 5.73 Å². The molecule has 0 unspecified atom stereocenters. The van der Waals surface area contributed by atoms with E-state index in [0.717, 1.165) is 23.4 Å². The molecule has 0 spiro atoms. The molecule has 2 N–H and O–H groups in total. The molecular formula is C19H28N2O4. The van der Waals surface area contributed by atoms with Crippen molar-refractivity contribution in [1.29, 1.82) is 0 Å². The van der Waals surface area contributed by atoms with Crippen molar-refractivity contribution in [3.8, 4) is 0 Å². The summed E-state index contributed by atoms with van der Waals surface area (Å²) >= 11 is 0. The van der Waals surface area contributed by atoms with Gasteiger partial charge in [-0.1, -0.05) is 19.2 Å². The Morgan fingerprint density at radius 3 is 1.88 bits per heavy atom. The topological polar surface area (TPSA) is 81.9 Å². The largest absolute Gasteiger partial charge is 0.461 e. The Kier molecular flexibility index (Phi) is 11.2. The lowest BCUT2D eigenvalue weighted by molar-refractivity contribution is -0.138. The molecule has 0 heterocycles. The fourth-order valence-corrected chi connectivity index (χ4v) is 1.75. The van der Waals surface area contributed by atoms with Crippen molar-refractivity contribution in [3.05, 3.63) is 60.5 Å². The maximum atomic E-state index is 11.2. The minimum absolute atomic E-state index is 0.180. The van der Waals surface area contributed by atoms with E-state index in [9.17, 15) is 9.59 Å². The zero-order valence-corrected chi connectivity index (χ0v) is 15.3. The molecule has 0 rings (SSSR count). The zero-order valence-electron chi connectivity index (χ0n) is 15.3. The normalized spacial score (nSPS) is 12.4. The van der Waals surface area contributed by atoms with E-state index >= 15 is 0 Å². The summed E-state index contributed by atoms with van der Waals surface area (Å²) in [6.45, 7) is 13.6. The number of rotatable bonds is 11. The highest BCUT2D eigenvalue weighted by Crippen LogP contribution is 2.12. The van der Waals surface area contributed by atoms with Crippen LogP contribution in [0, 0.1) is 0 Å². The molecule has 0 aromatic heterocycles. The second-order valence-electron chi connectivity index (χ2n) is 5.17. The molecule has 0 aromatic carbocycles. The van der Waals surface area contributed by atoms with Gasteiger partial charge in [0.2, 0.25) is 0 Å². The van der Waals surface area contributed by atoms with Gasteiger partial charge >= 0.3 is 11.9 Å². The molecular weight excluding hydrogens is 320 g/mol. The highest BCUT2D eigenvalue weighted by atomic mass is 16.5. The zero-order chi connectivity index (χ0) is 19.2. The number of hydrogen-bond donors (Lipinski definition) is 1. The molecule has 0 amide bonds. The van der Waals surface area contributed by atoms with Crippen molar-refractivity contribution in [2.45, 2.75) is 20.8 Å². The van der Waals surface area contributed by atoms with E-state index in [0.29, 0.717) is 18.8 Å². The van der Waals surface area contributed by atoms with Crippen molar-refractivity contribution >= 4 is 11.9 Å². The number of carbonyl (C=O) groups is 2. The number of allylic oxidation sites excluding steroid dienone is 5. The van der Waals surface area contributed by atoms with E-state index in [2.05, 4.69) is 13.2 Å². The van der Waals surface area contributed by atoms with E-state index in [1.807, 2.05) is 43.9 Å². The Bertz CT molecular complexity index is 544. The van der Waals surface area contributed by atoms with Crippen LogP contribution in [0.2, 0.25) is 0 Å². The van der Waals surface area contributed by atoms with Crippen LogP contribution in [0.4, 0.5) is 0 Å². The van der Waals surface area contributed by atoms with Crippen molar-refractivity contribution in [2.75, 3.05) is 26.3 Å². The van der Waals surface area contributed by atoms with Crippen LogP contribution in [0.3, 0.4) is 0 Å². The second kappa shape index (κ2) is 12.6. The highest BCUT2D eigenvalue weighted by Gasteiger charge is 2.10. The van der Waals surface area contributed by atoms with Gasteiger partial charge < -0.3 is 20.1 Å². The molecule has 0 fully saturated rings. The highest BCUT2D eigenvalue weighted by molar-refractivity contribution is 5.81. The number of nitrogens with zero attached hydrogens (tertiary/aromatic N) is 1. The van der Waals surface area contributed by atoms with E-state index in [-0.39, 0.29) is 13.2 Å². The Morgan fingerprint density at radius 2 is 1.52 bits per heavy atom. The second-order valence-corrected chi connectivity index (χ2v) is 5.17. The SMILES string of the molecule is C=CC(=O)OCCN(CCOC(=O)C=C)C(/C=C\C)=C/C(C)=C(\C)N. The Morgan fingerprint density at radius 1 is 1.04 bits per heavy atom. The predicted molar refractivity (Wildman–Crippen MR) is 99.3 cm³/mol. The van der Waals surface area contributed by atoms with Gasteiger partial charge in [0, 0.05) is 23.5 Å². The average Bonchev–Trinajstić information content (AvgIpc) is 2.59. The molecule has 25 heavy (non-hydrogen) atoms. The molecule has 0 saturated heterocycles. The van der Waals surface area contributed by atoms with Crippen molar-refractivity contribution in [3.63, 3.8) is 0 Å². The van der Waals surface area contributed by atoms with Crippen LogP contribution in [-0.4, -0.2) is 43.1 Å². The first kappa shape index (κ1) is 22.2. The van der Waals surface area contributed by atoms with Gasteiger partial charge in [0.15, 0.2) is 0 Å². The van der Waals surface area contributed by atoms with Crippen LogP contribution in [0.1, 0.15) is 20.8 Å². The first-order chi connectivity index (χ1) is 11.8. The van der Waals surface area contributed by atoms with Crippen LogP contribution in [0.5, 0.6) is 0 Å². The first-order valence-corrected chi connectivity index (χ1v) is 7.96. The molecule has 0 aliphatic heterocycles. The van der Waals surface area contributed by atoms with Gasteiger partial charge in [-0.05, 0) is 38.5 Å². The van der Waals surface area contributed by atoms with E-state index in [4.69, 9.17) is 15.2 Å². The lowest BCUT2D eigenvalue weighted by Gasteiger charge is -2.26. The molecule has 0 saturated carbocycles. The summed E-state index contributed by atoms with van der Waals surface area (Å²) in [6, 6.07) is 0. The number of esters is 2. The van der Waals surface area contributed by atoms with Crippen LogP contribution in [0.15, 0.2) is 60.5 Å². The van der Waals surface area contributed by atoms with Crippen LogP contribution in [-0.2, 0) is 19.1 Å². The molecule has 6 nitrogen and oxygen atoms in total. The van der Waals surface area contributed by atoms with Crippen LogP contribution in [0.25, 0.3) is 0 Å². The number of hydrogen-bond acceptors (Lipinski definition) is 6. The summed E-state index contributed by atoms with van der Waals surface area (Å²) in [6.07, 6.45) is 7.97. The third-order valence-electron chi connectivity index (χ3n) is 3.23. The van der Waals surface area contributed by atoms with Crippen molar-refractivity contribution < 1.29 is 19.1 Å². The molecule has 0 aliphatic rings. The summed E-state index contributed by atoms with van der Waals surface area (Å²) < 4.78 is 10.1. The Hall–Kier alpha value is -2.76. The molecule has 0 aliphatic carbocycles. The lowest BCUT2D eigenvalue weighted by atomic mass is 10.2. The summed E-state index contributed by atoms with van der Waals surface area (Å²) in [4.78, 5) is 24.4. The standard InChI is InChI=1S/C19H28N2O4/c1-6-9-17(14-15(4)16(5)20)21(10-12-24-18(22)7-2)11-13-25-19(23)8-3/h6-9,14H,2-3,10-13,20H2,1,4-5H3/b9-6-,16-15+,17-14+. The van der Waals surface area contributed by atoms with Crippen molar-refractivity contribution in [1.82, 2.24) is 4.90 Å². The van der Waals surface area contributed by atoms with Crippen LogP contribution < -0.4 is 5.73 Å². The van der Waals surface area contributed by atoms with Gasteiger partial charge in [-0.15, -0.1) is 0 Å². The Labute approximate surface area is 150 Å². The first-order valence-electron chi connectivity index (χ1n) is 7.96. The van der Waals surface area contributed by atoms with E-state index < -0.39 is 11.9 Å². The third kappa shape index (κ3) is 9.86. The Balaban J connectivity index is 5.22. The molecule has 0 bridgehead atoms. The minimum atomic E-state index is -0.483. The van der Waals surface area contributed by atoms with Gasteiger partial charge in [-0.2, -0.15) is 0 Å². The van der Waals surface area contributed by atoms with Gasteiger partial charge in [0.05, 0.1) is 13.1 Å². The fraction of sp³-hybridized carbons (Fsp3) is 0.368. The monoisotopic (exact) mass is 348 g/mol. The summed E-state index contributed by atoms with van der Waals surface area (Å²) in [7, 11) is 0. The lowest BCUT2D eigenvalue weighted by Crippen LogP contribution is -2.31.